The first-order valence-electron chi connectivity index (χ1n) is 6.19. The van der Waals surface area contributed by atoms with E-state index in [2.05, 4.69) is 4.98 Å². The Kier molecular flexibility index (Phi) is 3.21. The van der Waals surface area contributed by atoms with Gasteiger partial charge in [-0.1, -0.05) is 12.1 Å². The zero-order valence-electron chi connectivity index (χ0n) is 10.5. The molecule has 0 saturated carbocycles. The Labute approximate surface area is 116 Å². The maximum absolute atomic E-state index is 12.6. The zero-order chi connectivity index (χ0) is 14.3. The number of hydrogen-bond acceptors (Lipinski definition) is 5. The first-order chi connectivity index (χ1) is 9.50. The Hall–Kier alpha value is -1.54. The summed E-state index contributed by atoms with van der Waals surface area (Å²) in [4.78, 5) is 4.13. The van der Waals surface area contributed by atoms with Gasteiger partial charge >= 0.3 is 0 Å². The van der Waals surface area contributed by atoms with Crippen LogP contribution in [0.3, 0.4) is 0 Å². The summed E-state index contributed by atoms with van der Waals surface area (Å²) in [6.45, 7) is -0.185. The van der Waals surface area contributed by atoms with Crippen molar-refractivity contribution in [2.24, 2.45) is 0 Å². The molecule has 1 aromatic carbocycles. The number of aromatic nitrogens is 1. The Bertz CT molecular complexity index is 732. The Morgan fingerprint density at radius 2 is 1.85 bits per heavy atom. The van der Waals surface area contributed by atoms with Crippen LogP contribution >= 0.6 is 0 Å². The SMILES string of the molecule is O=S(=O)(c1cccc2cnccc12)N1C[C@@H](O)[C@@H](O)C1. The molecule has 7 heteroatoms. The minimum Gasteiger partial charge on any atom is -0.389 e. The highest BCUT2D eigenvalue weighted by Crippen LogP contribution is 2.27. The van der Waals surface area contributed by atoms with Gasteiger partial charge in [-0.25, -0.2) is 8.42 Å². The van der Waals surface area contributed by atoms with Crippen molar-refractivity contribution in [3.05, 3.63) is 36.7 Å². The van der Waals surface area contributed by atoms with Crippen molar-refractivity contribution in [3.63, 3.8) is 0 Å². The van der Waals surface area contributed by atoms with Crippen molar-refractivity contribution in [2.45, 2.75) is 17.1 Å². The average molecular weight is 294 g/mol. The fraction of sp³-hybridized carbons (Fsp3) is 0.308. The second-order valence-corrected chi connectivity index (χ2v) is 6.72. The van der Waals surface area contributed by atoms with E-state index in [0.29, 0.717) is 5.39 Å². The highest BCUT2D eigenvalue weighted by molar-refractivity contribution is 7.89. The van der Waals surface area contributed by atoms with Gasteiger partial charge in [-0.3, -0.25) is 4.98 Å². The van der Waals surface area contributed by atoms with E-state index in [9.17, 15) is 18.6 Å². The van der Waals surface area contributed by atoms with Gasteiger partial charge < -0.3 is 10.2 Å². The molecule has 1 aliphatic heterocycles. The fourth-order valence-electron chi connectivity index (χ4n) is 2.39. The van der Waals surface area contributed by atoms with Crippen LogP contribution in [0.25, 0.3) is 10.8 Å². The monoisotopic (exact) mass is 294 g/mol. The van der Waals surface area contributed by atoms with Gasteiger partial charge in [-0.2, -0.15) is 4.31 Å². The van der Waals surface area contributed by atoms with Crippen molar-refractivity contribution < 1.29 is 18.6 Å². The first-order valence-corrected chi connectivity index (χ1v) is 7.63. The largest absolute Gasteiger partial charge is 0.389 e. The number of aliphatic hydroxyl groups excluding tert-OH is 2. The predicted octanol–water partition coefficient (Wildman–Crippen LogP) is -0.0391. The molecule has 3 rings (SSSR count). The lowest BCUT2D eigenvalue weighted by atomic mass is 10.2. The Morgan fingerprint density at radius 3 is 2.55 bits per heavy atom. The van der Waals surface area contributed by atoms with Crippen LogP contribution in [0.1, 0.15) is 0 Å². The Balaban J connectivity index is 2.11. The van der Waals surface area contributed by atoms with Crippen LogP contribution in [-0.2, 0) is 10.0 Å². The molecule has 0 spiro atoms. The van der Waals surface area contributed by atoms with Gasteiger partial charge in [-0.05, 0) is 12.1 Å². The molecule has 2 N–H and O–H groups in total. The fourth-order valence-corrected chi connectivity index (χ4v) is 4.08. The normalized spacial score (nSPS) is 24.3. The second-order valence-electron chi connectivity index (χ2n) is 4.81. The number of benzene rings is 1. The highest BCUT2D eigenvalue weighted by atomic mass is 32.2. The lowest BCUT2D eigenvalue weighted by Crippen LogP contribution is -2.30. The molecule has 0 radical (unpaired) electrons. The standard InChI is InChI=1S/C13H14N2O4S/c16-11-7-15(8-12(11)17)20(18,19)13-3-1-2-9-6-14-5-4-10(9)13/h1-6,11-12,16-17H,7-8H2/t11-,12+. The molecule has 2 atom stereocenters. The lowest BCUT2D eigenvalue weighted by molar-refractivity contribution is 0.0572. The topological polar surface area (TPSA) is 90.7 Å². The van der Waals surface area contributed by atoms with Crippen molar-refractivity contribution in [2.75, 3.05) is 13.1 Å². The number of aliphatic hydroxyl groups is 2. The molecule has 0 aliphatic carbocycles. The van der Waals surface area contributed by atoms with Crippen LogP contribution in [0.2, 0.25) is 0 Å². The zero-order valence-corrected chi connectivity index (χ0v) is 11.4. The van der Waals surface area contributed by atoms with Crippen molar-refractivity contribution in [1.82, 2.24) is 9.29 Å². The van der Waals surface area contributed by atoms with Crippen LogP contribution in [0, 0.1) is 0 Å². The first kappa shape index (κ1) is 13.4. The molecule has 1 fully saturated rings. The van der Waals surface area contributed by atoms with Gasteiger partial charge in [0.05, 0.1) is 17.1 Å². The van der Waals surface area contributed by atoms with Crippen LogP contribution in [0.4, 0.5) is 0 Å². The molecule has 2 heterocycles. The van der Waals surface area contributed by atoms with Crippen LogP contribution in [-0.4, -0.2) is 53.2 Å². The van der Waals surface area contributed by atoms with Gasteiger partial charge in [0.25, 0.3) is 0 Å². The summed E-state index contributed by atoms with van der Waals surface area (Å²) in [5.41, 5.74) is 0. The summed E-state index contributed by atoms with van der Waals surface area (Å²) >= 11 is 0. The van der Waals surface area contributed by atoms with Crippen LogP contribution in [0.15, 0.2) is 41.6 Å². The number of pyridine rings is 1. The predicted molar refractivity (Wildman–Crippen MR) is 72.5 cm³/mol. The molecule has 6 nitrogen and oxygen atoms in total. The van der Waals surface area contributed by atoms with E-state index < -0.39 is 22.2 Å². The van der Waals surface area contributed by atoms with E-state index in [4.69, 9.17) is 0 Å². The molecule has 0 bridgehead atoms. The minimum absolute atomic E-state index is 0.0923. The van der Waals surface area contributed by atoms with E-state index in [-0.39, 0.29) is 18.0 Å². The third kappa shape index (κ3) is 2.08. The maximum Gasteiger partial charge on any atom is 0.243 e. The molecule has 0 amide bonds. The van der Waals surface area contributed by atoms with E-state index >= 15 is 0 Å². The molecular weight excluding hydrogens is 280 g/mol. The van der Waals surface area contributed by atoms with E-state index in [0.717, 1.165) is 9.69 Å². The van der Waals surface area contributed by atoms with Crippen LogP contribution in [0.5, 0.6) is 0 Å². The number of fused-ring (bicyclic) bond motifs is 1. The third-order valence-corrected chi connectivity index (χ3v) is 5.37. The molecule has 20 heavy (non-hydrogen) atoms. The number of rotatable bonds is 2. The molecule has 0 unspecified atom stereocenters. The average Bonchev–Trinajstić information content (AvgIpc) is 2.79. The number of nitrogens with zero attached hydrogens (tertiary/aromatic N) is 2. The molecular formula is C13H14N2O4S. The highest BCUT2D eigenvalue weighted by Gasteiger charge is 2.38. The summed E-state index contributed by atoms with van der Waals surface area (Å²) in [7, 11) is -3.75. The summed E-state index contributed by atoms with van der Waals surface area (Å²) in [6.07, 6.45) is 1.06. The van der Waals surface area contributed by atoms with Gasteiger partial charge in [-0.15, -0.1) is 0 Å². The smallest absolute Gasteiger partial charge is 0.243 e. The minimum atomic E-state index is -3.75. The van der Waals surface area contributed by atoms with Gasteiger partial charge in [0.1, 0.15) is 0 Å². The third-order valence-electron chi connectivity index (χ3n) is 3.48. The molecule has 1 aliphatic rings. The molecule has 1 aromatic heterocycles. The van der Waals surface area contributed by atoms with Crippen LogP contribution < -0.4 is 0 Å². The van der Waals surface area contributed by atoms with Gasteiger partial charge in [0.15, 0.2) is 0 Å². The van der Waals surface area contributed by atoms with E-state index in [1.807, 2.05) is 0 Å². The van der Waals surface area contributed by atoms with E-state index in [1.165, 1.54) is 12.3 Å². The van der Waals surface area contributed by atoms with Crippen molar-refractivity contribution >= 4 is 20.8 Å². The Morgan fingerprint density at radius 1 is 1.15 bits per heavy atom. The number of β-amino-alcohol motifs (C(OH)–C–C–N with tert-alkyl or cyclic N) is 2. The lowest BCUT2D eigenvalue weighted by Gasteiger charge is -2.16. The number of sulfonamides is 1. The summed E-state index contributed by atoms with van der Waals surface area (Å²) < 4.78 is 26.4. The van der Waals surface area contributed by atoms with Gasteiger partial charge in [0.2, 0.25) is 10.0 Å². The van der Waals surface area contributed by atoms with Gasteiger partial charge in [0, 0.05) is 36.3 Å². The quantitative estimate of drug-likeness (QED) is 0.811. The number of hydrogen-bond donors (Lipinski definition) is 2. The molecule has 1 saturated heterocycles. The maximum atomic E-state index is 12.6. The van der Waals surface area contributed by atoms with Crippen molar-refractivity contribution in [3.8, 4) is 0 Å². The second kappa shape index (κ2) is 4.78. The molecule has 106 valence electrons. The summed E-state index contributed by atoms with van der Waals surface area (Å²) in [5, 5.41) is 20.4. The summed E-state index contributed by atoms with van der Waals surface area (Å²) in [6, 6.07) is 6.61. The molecule has 2 aromatic rings. The van der Waals surface area contributed by atoms with Crippen molar-refractivity contribution in [1.29, 1.82) is 0 Å². The van der Waals surface area contributed by atoms with E-state index in [1.54, 1.807) is 24.4 Å². The summed E-state index contributed by atoms with van der Waals surface area (Å²) in [5.74, 6) is 0.